The third-order valence-electron chi connectivity index (χ3n) is 4.64. The number of rotatable bonds is 4. The Morgan fingerprint density at radius 2 is 1.70 bits per heavy atom. The van der Waals surface area contributed by atoms with Crippen LogP contribution in [0.15, 0.2) is 70.5 Å². The van der Waals surface area contributed by atoms with Gasteiger partial charge in [-0.25, -0.2) is 8.42 Å². The van der Waals surface area contributed by atoms with E-state index in [9.17, 15) is 26.9 Å². The molecule has 0 unspecified atom stereocenters. The van der Waals surface area contributed by atoms with Gasteiger partial charge >= 0.3 is 6.18 Å². The summed E-state index contributed by atoms with van der Waals surface area (Å²) in [4.78, 5) is -0.456. The summed E-state index contributed by atoms with van der Waals surface area (Å²) in [6.45, 7) is 3.35. The number of halogens is 3. The number of aryl methyl sites for hydroxylation is 1. The second-order valence-electron chi connectivity index (χ2n) is 6.65. The van der Waals surface area contributed by atoms with E-state index in [1.54, 1.807) is 48.7 Å². The maximum absolute atomic E-state index is 13.1. The zero-order valence-electron chi connectivity index (χ0n) is 16.1. The van der Waals surface area contributed by atoms with Crippen LogP contribution in [0.4, 0.5) is 13.2 Å². The van der Waals surface area contributed by atoms with Crippen molar-refractivity contribution in [2.45, 2.75) is 24.9 Å². The molecule has 3 aromatic rings. The molecule has 4 nitrogen and oxygen atoms in total. The molecule has 1 heterocycles. The maximum Gasteiger partial charge on any atom is 0.416 e. The molecule has 0 radical (unpaired) electrons. The Balaban J connectivity index is 2.11. The van der Waals surface area contributed by atoms with E-state index in [0.29, 0.717) is 22.6 Å². The molecule has 2 aromatic carbocycles. The molecule has 0 saturated carbocycles. The van der Waals surface area contributed by atoms with Gasteiger partial charge < -0.3 is 4.57 Å². The second-order valence-corrected chi connectivity index (χ2v) is 8.56. The molecule has 30 heavy (non-hydrogen) atoms. The number of benzene rings is 2. The molecule has 8 heteroatoms. The first kappa shape index (κ1) is 21.4. The molecule has 3 rings (SSSR count). The molecule has 0 fully saturated rings. The Morgan fingerprint density at radius 1 is 1.03 bits per heavy atom. The van der Waals surface area contributed by atoms with E-state index >= 15 is 0 Å². The van der Waals surface area contributed by atoms with Crippen molar-refractivity contribution < 1.29 is 21.6 Å². The normalized spacial score (nSPS) is 12.6. The first-order chi connectivity index (χ1) is 14.1. The van der Waals surface area contributed by atoms with Crippen LogP contribution in [0, 0.1) is 25.2 Å². The van der Waals surface area contributed by atoms with E-state index in [1.807, 2.05) is 0 Å². The number of hydrogen-bond donors (Lipinski definition) is 0. The lowest BCUT2D eigenvalue weighted by Gasteiger charge is -2.13. The van der Waals surface area contributed by atoms with Crippen LogP contribution in [-0.4, -0.2) is 13.0 Å². The van der Waals surface area contributed by atoms with E-state index in [2.05, 4.69) is 0 Å². The number of sulfone groups is 1. The van der Waals surface area contributed by atoms with Crippen LogP contribution >= 0.6 is 0 Å². The summed E-state index contributed by atoms with van der Waals surface area (Å²) in [5.41, 5.74) is 1.06. The molecule has 0 saturated heterocycles. The van der Waals surface area contributed by atoms with Crippen LogP contribution in [0.2, 0.25) is 0 Å². The van der Waals surface area contributed by atoms with Crippen LogP contribution in [0.1, 0.15) is 22.5 Å². The summed E-state index contributed by atoms with van der Waals surface area (Å²) in [5, 5.41) is 9.46. The predicted molar refractivity (Wildman–Crippen MR) is 107 cm³/mol. The van der Waals surface area contributed by atoms with Crippen molar-refractivity contribution in [1.29, 1.82) is 5.26 Å². The van der Waals surface area contributed by atoms with Gasteiger partial charge in [0.15, 0.2) is 0 Å². The molecule has 0 aliphatic carbocycles. The maximum atomic E-state index is 13.1. The Labute approximate surface area is 172 Å². The first-order valence-corrected chi connectivity index (χ1v) is 10.3. The molecule has 0 N–H and O–H groups in total. The Morgan fingerprint density at radius 3 is 2.30 bits per heavy atom. The summed E-state index contributed by atoms with van der Waals surface area (Å²) in [7, 11) is -4.02. The van der Waals surface area contributed by atoms with Gasteiger partial charge in [-0.2, -0.15) is 18.4 Å². The number of alkyl halides is 3. The number of allylic oxidation sites excluding steroid dienone is 1. The largest absolute Gasteiger partial charge is 0.416 e. The minimum absolute atomic E-state index is 0.00974. The fraction of sp³-hybridized carbons (Fsp3) is 0.136. The van der Waals surface area contributed by atoms with Crippen LogP contribution in [0.5, 0.6) is 0 Å². The van der Waals surface area contributed by atoms with E-state index in [4.69, 9.17) is 0 Å². The van der Waals surface area contributed by atoms with Crippen LogP contribution in [0.25, 0.3) is 11.8 Å². The van der Waals surface area contributed by atoms with E-state index in [0.717, 1.165) is 12.1 Å². The summed E-state index contributed by atoms with van der Waals surface area (Å²) in [5.74, 6) is 0. The highest BCUT2D eigenvalue weighted by Crippen LogP contribution is 2.32. The van der Waals surface area contributed by atoms with Crippen LogP contribution in [-0.2, 0) is 16.0 Å². The monoisotopic (exact) mass is 430 g/mol. The van der Waals surface area contributed by atoms with Gasteiger partial charge in [-0.05, 0) is 61.9 Å². The Bertz CT molecular complexity index is 1270. The summed E-state index contributed by atoms with van der Waals surface area (Å²) in [6.07, 6.45) is -3.24. The number of aromatic nitrogens is 1. The van der Waals surface area contributed by atoms with Gasteiger partial charge in [0.2, 0.25) is 9.84 Å². The Hall–Kier alpha value is -3.31. The van der Waals surface area contributed by atoms with Gasteiger partial charge in [0.05, 0.1) is 10.5 Å². The summed E-state index contributed by atoms with van der Waals surface area (Å²) in [6, 6.07) is 15.8. The zero-order valence-corrected chi connectivity index (χ0v) is 16.9. The second kappa shape index (κ2) is 7.84. The SMILES string of the molecule is Cc1cc(/C=C(\C#N)S(=O)(=O)c2ccccc2)c(C)n1-c1cccc(C(F)(F)F)c1. The number of hydrogen-bond acceptors (Lipinski definition) is 3. The fourth-order valence-corrected chi connectivity index (χ4v) is 4.36. The van der Waals surface area contributed by atoms with Gasteiger partial charge in [0.1, 0.15) is 11.0 Å². The van der Waals surface area contributed by atoms with Crippen molar-refractivity contribution in [2.75, 3.05) is 0 Å². The minimum Gasteiger partial charge on any atom is -0.318 e. The molecule has 1 aromatic heterocycles. The molecule has 0 amide bonds. The molecule has 0 atom stereocenters. The minimum atomic E-state index is -4.48. The average molecular weight is 430 g/mol. The average Bonchev–Trinajstić information content (AvgIpc) is 2.99. The number of nitrogens with zero attached hydrogens (tertiary/aromatic N) is 2. The lowest BCUT2D eigenvalue weighted by atomic mass is 10.2. The van der Waals surface area contributed by atoms with Gasteiger partial charge in [-0.1, -0.05) is 24.3 Å². The molecule has 0 spiro atoms. The summed E-state index contributed by atoms with van der Waals surface area (Å²) < 4.78 is 66.4. The number of nitriles is 1. The van der Waals surface area contributed by atoms with Gasteiger partial charge in [0, 0.05) is 17.1 Å². The van der Waals surface area contributed by atoms with Crippen LogP contribution in [0.3, 0.4) is 0 Å². The molecule has 0 aliphatic heterocycles. The molecular weight excluding hydrogens is 413 g/mol. The summed E-state index contributed by atoms with van der Waals surface area (Å²) >= 11 is 0. The van der Waals surface area contributed by atoms with Gasteiger partial charge in [-0.3, -0.25) is 0 Å². The van der Waals surface area contributed by atoms with E-state index in [1.165, 1.54) is 30.3 Å². The van der Waals surface area contributed by atoms with Crippen molar-refractivity contribution in [3.8, 4) is 11.8 Å². The van der Waals surface area contributed by atoms with E-state index < -0.39 is 26.5 Å². The molecule has 0 bridgehead atoms. The highest BCUT2D eigenvalue weighted by molar-refractivity contribution is 7.95. The molecule has 0 aliphatic rings. The lowest BCUT2D eigenvalue weighted by molar-refractivity contribution is -0.137. The van der Waals surface area contributed by atoms with Gasteiger partial charge in [-0.15, -0.1) is 0 Å². The third kappa shape index (κ3) is 4.02. The highest BCUT2D eigenvalue weighted by Gasteiger charge is 2.30. The quantitative estimate of drug-likeness (QED) is 0.517. The molecule has 154 valence electrons. The first-order valence-electron chi connectivity index (χ1n) is 8.84. The topological polar surface area (TPSA) is 62.9 Å². The zero-order chi connectivity index (χ0) is 22.1. The van der Waals surface area contributed by atoms with Crippen molar-refractivity contribution in [3.05, 3.63) is 88.1 Å². The predicted octanol–water partition coefficient (Wildman–Crippen LogP) is 5.45. The van der Waals surface area contributed by atoms with Crippen molar-refractivity contribution in [1.82, 2.24) is 4.57 Å². The van der Waals surface area contributed by atoms with Gasteiger partial charge in [0.25, 0.3) is 0 Å². The van der Waals surface area contributed by atoms with Crippen molar-refractivity contribution in [2.24, 2.45) is 0 Å². The van der Waals surface area contributed by atoms with Crippen molar-refractivity contribution in [3.63, 3.8) is 0 Å². The van der Waals surface area contributed by atoms with E-state index in [-0.39, 0.29) is 4.90 Å². The van der Waals surface area contributed by atoms with Crippen LogP contribution < -0.4 is 0 Å². The van der Waals surface area contributed by atoms with Crippen molar-refractivity contribution >= 4 is 15.9 Å². The lowest BCUT2D eigenvalue weighted by Crippen LogP contribution is -2.07. The third-order valence-corrected chi connectivity index (χ3v) is 6.32. The standard InChI is InChI=1S/C22H17F3N2O2S/c1-15-11-17(12-21(14-26)30(28,29)20-9-4-3-5-10-20)16(2)27(15)19-8-6-7-18(13-19)22(23,24)25/h3-13H,1-2H3/b21-12+. The molecular formula is C22H17F3N2O2S. The fourth-order valence-electron chi connectivity index (χ4n) is 3.19. The smallest absolute Gasteiger partial charge is 0.318 e. The Kier molecular flexibility index (Phi) is 5.59. The highest BCUT2D eigenvalue weighted by atomic mass is 32.2.